The predicted molar refractivity (Wildman–Crippen MR) is 75.7 cm³/mol. The molecule has 0 aliphatic carbocycles. The SMILES string of the molecule is CNC(Cc1cccnc1)c1cc(C)ccc1C. The van der Waals surface area contributed by atoms with Gasteiger partial charge in [-0.2, -0.15) is 0 Å². The Morgan fingerprint density at radius 1 is 1.22 bits per heavy atom. The summed E-state index contributed by atoms with van der Waals surface area (Å²) in [5.74, 6) is 0. The fourth-order valence-electron chi connectivity index (χ4n) is 2.26. The quantitative estimate of drug-likeness (QED) is 0.887. The Balaban J connectivity index is 2.26. The van der Waals surface area contributed by atoms with E-state index < -0.39 is 0 Å². The smallest absolute Gasteiger partial charge is 0.0361 e. The lowest BCUT2D eigenvalue weighted by molar-refractivity contribution is 0.587. The molecular weight excluding hydrogens is 220 g/mol. The van der Waals surface area contributed by atoms with E-state index in [1.165, 1.54) is 22.3 Å². The van der Waals surface area contributed by atoms with Crippen molar-refractivity contribution in [2.45, 2.75) is 26.3 Å². The van der Waals surface area contributed by atoms with E-state index in [4.69, 9.17) is 0 Å². The first-order chi connectivity index (χ1) is 8.70. The zero-order chi connectivity index (χ0) is 13.0. The molecule has 1 atom stereocenters. The van der Waals surface area contributed by atoms with E-state index in [-0.39, 0.29) is 0 Å². The zero-order valence-corrected chi connectivity index (χ0v) is 11.3. The van der Waals surface area contributed by atoms with Gasteiger partial charge in [0.2, 0.25) is 0 Å². The lowest BCUT2D eigenvalue weighted by Gasteiger charge is -2.19. The second-order valence-electron chi connectivity index (χ2n) is 4.77. The summed E-state index contributed by atoms with van der Waals surface area (Å²) in [5, 5.41) is 3.41. The van der Waals surface area contributed by atoms with Crippen LogP contribution in [-0.2, 0) is 6.42 Å². The molecule has 2 nitrogen and oxygen atoms in total. The molecule has 0 radical (unpaired) electrons. The first kappa shape index (κ1) is 12.8. The molecule has 94 valence electrons. The lowest BCUT2D eigenvalue weighted by atomic mass is 9.94. The van der Waals surface area contributed by atoms with Crippen molar-refractivity contribution in [1.29, 1.82) is 0 Å². The number of hydrogen-bond donors (Lipinski definition) is 1. The number of hydrogen-bond acceptors (Lipinski definition) is 2. The van der Waals surface area contributed by atoms with Crippen LogP contribution in [0.15, 0.2) is 42.7 Å². The van der Waals surface area contributed by atoms with E-state index in [0.717, 1.165) is 6.42 Å². The molecule has 1 aromatic heterocycles. The fraction of sp³-hybridized carbons (Fsp3) is 0.312. The van der Waals surface area contributed by atoms with E-state index in [2.05, 4.69) is 48.4 Å². The van der Waals surface area contributed by atoms with Crippen LogP contribution in [0, 0.1) is 13.8 Å². The molecular formula is C16H20N2. The van der Waals surface area contributed by atoms with Crippen LogP contribution in [0.4, 0.5) is 0 Å². The number of rotatable bonds is 4. The largest absolute Gasteiger partial charge is 0.313 e. The van der Waals surface area contributed by atoms with Gasteiger partial charge >= 0.3 is 0 Å². The molecule has 0 amide bonds. The minimum Gasteiger partial charge on any atom is -0.313 e. The van der Waals surface area contributed by atoms with Gasteiger partial charge in [0.15, 0.2) is 0 Å². The number of likely N-dealkylation sites (N-methyl/N-ethyl adjacent to an activating group) is 1. The number of benzene rings is 1. The van der Waals surface area contributed by atoms with Crippen molar-refractivity contribution in [3.8, 4) is 0 Å². The Morgan fingerprint density at radius 3 is 2.72 bits per heavy atom. The molecule has 0 aliphatic rings. The maximum Gasteiger partial charge on any atom is 0.0361 e. The maximum absolute atomic E-state index is 4.18. The molecule has 0 saturated heterocycles. The van der Waals surface area contributed by atoms with E-state index >= 15 is 0 Å². The van der Waals surface area contributed by atoms with Gasteiger partial charge in [0.1, 0.15) is 0 Å². The molecule has 0 spiro atoms. The van der Waals surface area contributed by atoms with Gasteiger partial charge in [0.05, 0.1) is 0 Å². The van der Waals surface area contributed by atoms with E-state index in [1.54, 1.807) is 0 Å². The molecule has 0 bridgehead atoms. The molecule has 2 aromatic rings. The molecule has 18 heavy (non-hydrogen) atoms. The van der Waals surface area contributed by atoms with Crippen LogP contribution in [0.2, 0.25) is 0 Å². The lowest BCUT2D eigenvalue weighted by Crippen LogP contribution is -2.20. The third-order valence-electron chi connectivity index (χ3n) is 3.32. The summed E-state index contributed by atoms with van der Waals surface area (Å²) in [5.41, 5.74) is 5.28. The van der Waals surface area contributed by atoms with Gasteiger partial charge in [0.25, 0.3) is 0 Å². The number of nitrogens with zero attached hydrogens (tertiary/aromatic N) is 1. The second-order valence-corrected chi connectivity index (χ2v) is 4.77. The van der Waals surface area contributed by atoms with E-state index in [9.17, 15) is 0 Å². The van der Waals surface area contributed by atoms with Crippen molar-refractivity contribution in [1.82, 2.24) is 10.3 Å². The van der Waals surface area contributed by atoms with Gasteiger partial charge in [-0.25, -0.2) is 0 Å². The molecule has 0 saturated carbocycles. The van der Waals surface area contributed by atoms with Crippen LogP contribution in [-0.4, -0.2) is 12.0 Å². The molecule has 1 N–H and O–H groups in total. The number of aryl methyl sites for hydroxylation is 2. The first-order valence-corrected chi connectivity index (χ1v) is 6.34. The van der Waals surface area contributed by atoms with Gasteiger partial charge in [-0.1, -0.05) is 29.8 Å². The van der Waals surface area contributed by atoms with Crippen molar-refractivity contribution in [3.05, 3.63) is 65.0 Å². The fourth-order valence-corrected chi connectivity index (χ4v) is 2.26. The number of aromatic nitrogens is 1. The Hall–Kier alpha value is -1.67. The second kappa shape index (κ2) is 5.78. The van der Waals surface area contributed by atoms with Gasteiger partial charge < -0.3 is 5.32 Å². The molecule has 1 aromatic carbocycles. The Kier molecular flexibility index (Phi) is 4.11. The van der Waals surface area contributed by atoms with Crippen LogP contribution >= 0.6 is 0 Å². The van der Waals surface area contributed by atoms with Crippen molar-refractivity contribution >= 4 is 0 Å². The Labute approximate surface area is 109 Å². The van der Waals surface area contributed by atoms with Crippen LogP contribution < -0.4 is 5.32 Å². The minimum absolute atomic E-state index is 0.342. The van der Waals surface area contributed by atoms with Crippen LogP contribution in [0.1, 0.15) is 28.3 Å². The van der Waals surface area contributed by atoms with Crippen LogP contribution in [0.25, 0.3) is 0 Å². The summed E-state index contributed by atoms with van der Waals surface area (Å²) >= 11 is 0. The van der Waals surface area contributed by atoms with Crippen LogP contribution in [0.3, 0.4) is 0 Å². The van der Waals surface area contributed by atoms with Gasteiger partial charge in [-0.05, 0) is 50.1 Å². The van der Waals surface area contributed by atoms with E-state index in [0.29, 0.717) is 6.04 Å². The van der Waals surface area contributed by atoms with Gasteiger partial charge in [0, 0.05) is 18.4 Å². The predicted octanol–water partition coefficient (Wildman–Crippen LogP) is 3.20. The summed E-state index contributed by atoms with van der Waals surface area (Å²) in [7, 11) is 2.02. The van der Waals surface area contributed by atoms with E-state index in [1.807, 2.05) is 25.5 Å². The standard InChI is InChI=1S/C16H20N2/c1-12-6-7-13(2)15(9-12)16(17-3)10-14-5-4-8-18-11-14/h4-9,11,16-17H,10H2,1-3H3. The summed E-state index contributed by atoms with van der Waals surface area (Å²) in [4.78, 5) is 4.18. The summed E-state index contributed by atoms with van der Waals surface area (Å²) in [6.45, 7) is 4.31. The zero-order valence-electron chi connectivity index (χ0n) is 11.3. The summed E-state index contributed by atoms with van der Waals surface area (Å²) in [6, 6.07) is 11.1. The topological polar surface area (TPSA) is 24.9 Å². The molecule has 0 fully saturated rings. The Bertz CT molecular complexity index is 506. The average Bonchev–Trinajstić information content (AvgIpc) is 2.40. The third-order valence-corrected chi connectivity index (χ3v) is 3.32. The van der Waals surface area contributed by atoms with Crippen molar-refractivity contribution in [2.75, 3.05) is 7.05 Å². The number of nitrogens with one attached hydrogen (secondary N) is 1. The van der Waals surface area contributed by atoms with Crippen LogP contribution in [0.5, 0.6) is 0 Å². The minimum atomic E-state index is 0.342. The number of pyridine rings is 1. The summed E-state index contributed by atoms with van der Waals surface area (Å²) in [6.07, 6.45) is 4.72. The van der Waals surface area contributed by atoms with Crippen molar-refractivity contribution in [3.63, 3.8) is 0 Å². The van der Waals surface area contributed by atoms with Gasteiger partial charge in [-0.15, -0.1) is 0 Å². The van der Waals surface area contributed by atoms with Crippen molar-refractivity contribution in [2.24, 2.45) is 0 Å². The maximum atomic E-state index is 4.18. The first-order valence-electron chi connectivity index (χ1n) is 6.34. The highest BCUT2D eigenvalue weighted by Gasteiger charge is 2.12. The normalized spacial score (nSPS) is 12.4. The highest BCUT2D eigenvalue weighted by molar-refractivity contribution is 5.34. The highest BCUT2D eigenvalue weighted by Crippen LogP contribution is 2.22. The van der Waals surface area contributed by atoms with Crippen molar-refractivity contribution < 1.29 is 0 Å². The van der Waals surface area contributed by atoms with Gasteiger partial charge in [-0.3, -0.25) is 4.98 Å². The summed E-state index contributed by atoms with van der Waals surface area (Å²) < 4.78 is 0. The molecule has 2 rings (SSSR count). The third kappa shape index (κ3) is 2.96. The molecule has 1 heterocycles. The molecule has 2 heteroatoms. The highest BCUT2D eigenvalue weighted by atomic mass is 14.9. The molecule has 0 aliphatic heterocycles. The monoisotopic (exact) mass is 240 g/mol. The Morgan fingerprint density at radius 2 is 2.06 bits per heavy atom. The average molecular weight is 240 g/mol. The molecule has 1 unspecified atom stereocenters.